The third kappa shape index (κ3) is 2.98. The molecule has 0 unspecified atom stereocenters. The molecule has 0 atom stereocenters. The monoisotopic (exact) mass is 312 g/mol. The molecule has 2 aromatic rings. The van der Waals surface area contributed by atoms with Crippen LogP contribution >= 0.6 is 27.5 Å². The van der Waals surface area contributed by atoms with Crippen molar-refractivity contribution in [3.8, 4) is 0 Å². The van der Waals surface area contributed by atoms with Gasteiger partial charge in [0.25, 0.3) is 5.91 Å². The quantitative estimate of drug-likeness (QED) is 0.865. The molecule has 2 aromatic heterocycles. The number of carbonyl (C=O) groups is 1. The largest absolute Gasteiger partial charge is 0.320 e. The Morgan fingerprint density at radius 2 is 2.00 bits per heavy atom. The van der Waals surface area contributed by atoms with Crippen molar-refractivity contribution in [2.75, 3.05) is 5.32 Å². The van der Waals surface area contributed by atoms with Gasteiger partial charge in [-0.15, -0.1) is 0 Å². The van der Waals surface area contributed by atoms with Crippen LogP contribution in [0.2, 0.25) is 5.15 Å². The van der Waals surface area contributed by atoms with Gasteiger partial charge in [0.1, 0.15) is 11.5 Å². The topological polar surface area (TPSA) is 67.8 Å². The summed E-state index contributed by atoms with van der Waals surface area (Å²) in [5, 5.41) is 3.00. The maximum atomic E-state index is 11.7. The minimum absolute atomic E-state index is 0.304. The number of nitrogens with zero attached hydrogens (tertiary/aromatic N) is 3. The second-order valence-corrected chi connectivity index (χ2v) is 4.29. The summed E-state index contributed by atoms with van der Waals surface area (Å²) in [4.78, 5) is 23.2. The molecule has 0 aliphatic rings. The third-order valence-electron chi connectivity index (χ3n) is 1.88. The molecular weight excluding hydrogens is 307 g/mol. The Morgan fingerprint density at radius 1 is 1.29 bits per heavy atom. The third-order valence-corrected chi connectivity index (χ3v) is 3.01. The van der Waals surface area contributed by atoms with Crippen LogP contribution in [0.1, 0.15) is 10.4 Å². The maximum absolute atomic E-state index is 11.7. The zero-order chi connectivity index (χ0) is 12.3. The van der Waals surface area contributed by atoms with Gasteiger partial charge in [-0.25, -0.2) is 15.0 Å². The Bertz CT molecular complexity index is 549. The maximum Gasteiger partial charge on any atom is 0.258 e. The number of hydrogen-bond acceptors (Lipinski definition) is 4. The number of pyridine rings is 1. The number of amides is 1. The molecule has 0 radical (unpaired) electrons. The van der Waals surface area contributed by atoms with Crippen molar-refractivity contribution >= 4 is 39.1 Å². The molecule has 5 nitrogen and oxygen atoms in total. The Balaban J connectivity index is 2.16. The lowest BCUT2D eigenvalue weighted by atomic mass is 10.3. The summed E-state index contributed by atoms with van der Waals surface area (Å²) >= 11 is 8.97. The van der Waals surface area contributed by atoms with Gasteiger partial charge in [0.2, 0.25) is 0 Å². The first-order valence-electron chi connectivity index (χ1n) is 4.54. The molecule has 0 bridgehead atoms. The molecule has 86 valence electrons. The van der Waals surface area contributed by atoms with Crippen LogP contribution < -0.4 is 5.32 Å². The summed E-state index contributed by atoms with van der Waals surface area (Å²) in [6.07, 6.45) is 5.69. The number of aromatic nitrogens is 3. The second-order valence-electron chi connectivity index (χ2n) is 3.08. The lowest BCUT2D eigenvalue weighted by Crippen LogP contribution is -2.12. The van der Waals surface area contributed by atoms with Crippen molar-refractivity contribution in [1.82, 2.24) is 15.0 Å². The highest BCUT2D eigenvalue weighted by Crippen LogP contribution is 2.23. The van der Waals surface area contributed by atoms with Crippen molar-refractivity contribution in [1.29, 1.82) is 0 Å². The van der Waals surface area contributed by atoms with E-state index in [1.807, 2.05) is 0 Å². The van der Waals surface area contributed by atoms with Crippen LogP contribution in [0.5, 0.6) is 0 Å². The van der Waals surface area contributed by atoms with Gasteiger partial charge < -0.3 is 5.32 Å². The lowest BCUT2D eigenvalue weighted by Gasteiger charge is -2.05. The standard InChI is InChI=1S/C10H6BrClN4O/c11-8-1-7(4-15-9(8)12)16-10(17)6-2-13-5-14-3-6/h1-5H,(H,16,17). The molecule has 1 N–H and O–H groups in total. The smallest absolute Gasteiger partial charge is 0.258 e. The Hall–Kier alpha value is -1.53. The van der Waals surface area contributed by atoms with E-state index in [2.05, 4.69) is 36.2 Å². The normalized spacial score (nSPS) is 10.0. The van der Waals surface area contributed by atoms with E-state index in [4.69, 9.17) is 11.6 Å². The fourth-order valence-corrected chi connectivity index (χ4v) is 1.56. The van der Waals surface area contributed by atoms with E-state index >= 15 is 0 Å². The Morgan fingerprint density at radius 3 is 2.65 bits per heavy atom. The van der Waals surface area contributed by atoms with Gasteiger partial charge in [0.05, 0.1) is 21.9 Å². The minimum atomic E-state index is -0.304. The number of nitrogens with one attached hydrogen (secondary N) is 1. The second kappa shape index (κ2) is 5.20. The first-order chi connectivity index (χ1) is 8.16. The molecular formula is C10H6BrClN4O. The van der Waals surface area contributed by atoms with Gasteiger partial charge in [-0.3, -0.25) is 4.79 Å². The molecule has 17 heavy (non-hydrogen) atoms. The van der Waals surface area contributed by atoms with Crippen LogP contribution in [0.3, 0.4) is 0 Å². The van der Waals surface area contributed by atoms with E-state index in [9.17, 15) is 4.79 Å². The van der Waals surface area contributed by atoms with Gasteiger partial charge in [-0.05, 0) is 22.0 Å². The van der Waals surface area contributed by atoms with Crippen LogP contribution in [0, 0.1) is 0 Å². The molecule has 2 heterocycles. The first-order valence-corrected chi connectivity index (χ1v) is 5.71. The minimum Gasteiger partial charge on any atom is -0.320 e. The number of carbonyl (C=O) groups excluding carboxylic acids is 1. The SMILES string of the molecule is O=C(Nc1cnc(Cl)c(Br)c1)c1cncnc1. The molecule has 0 saturated heterocycles. The molecule has 0 spiro atoms. The Labute approximate surface area is 110 Å². The molecule has 0 fully saturated rings. The first kappa shape index (κ1) is 11.9. The van der Waals surface area contributed by atoms with Crippen LogP contribution in [-0.2, 0) is 0 Å². The molecule has 2 rings (SSSR count). The lowest BCUT2D eigenvalue weighted by molar-refractivity contribution is 0.102. The van der Waals surface area contributed by atoms with E-state index in [-0.39, 0.29) is 5.91 Å². The van der Waals surface area contributed by atoms with Crippen LogP contribution in [0.25, 0.3) is 0 Å². The average Bonchev–Trinajstić information content (AvgIpc) is 2.35. The van der Waals surface area contributed by atoms with Crippen molar-refractivity contribution in [2.24, 2.45) is 0 Å². The summed E-state index contributed by atoms with van der Waals surface area (Å²) in [6, 6.07) is 1.66. The number of halogens is 2. The average molecular weight is 314 g/mol. The molecule has 7 heteroatoms. The summed E-state index contributed by atoms with van der Waals surface area (Å²) < 4.78 is 0.612. The number of anilines is 1. The summed E-state index contributed by atoms with van der Waals surface area (Å²) in [7, 11) is 0. The van der Waals surface area contributed by atoms with E-state index in [1.165, 1.54) is 24.9 Å². The highest BCUT2D eigenvalue weighted by atomic mass is 79.9. The van der Waals surface area contributed by atoms with E-state index in [1.54, 1.807) is 6.07 Å². The van der Waals surface area contributed by atoms with Gasteiger partial charge in [0.15, 0.2) is 0 Å². The molecule has 1 amide bonds. The van der Waals surface area contributed by atoms with Crippen molar-refractivity contribution < 1.29 is 4.79 Å². The zero-order valence-corrected chi connectivity index (χ0v) is 10.7. The van der Waals surface area contributed by atoms with Gasteiger partial charge in [-0.2, -0.15) is 0 Å². The Kier molecular flexibility index (Phi) is 3.65. The van der Waals surface area contributed by atoms with Crippen molar-refractivity contribution in [3.05, 3.63) is 46.2 Å². The molecule has 0 saturated carbocycles. The fourth-order valence-electron chi connectivity index (χ4n) is 1.11. The number of rotatable bonds is 2. The zero-order valence-electron chi connectivity index (χ0n) is 8.39. The van der Waals surface area contributed by atoms with Crippen molar-refractivity contribution in [3.63, 3.8) is 0 Å². The van der Waals surface area contributed by atoms with Crippen LogP contribution in [-0.4, -0.2) is 20.9 Å². The predicted molar refractivity (Wildman–Crippen MR) is 66.9 cm³/mol. The van der Waals surface area contributed by atoms with E-state index in [0.717, 1.165) is 0 Å². The number of hydrogen-bond donors (Lipinski definition) is 1. The summed E-state index contributed by atoms with van der Waals surface area (Å²) in [5.74, 6) is -0.304. The van der Waals surface area contributed by atoms with Crippen LogP contribution in [0.15, 0.2) is 35.5 Å². The van der Waals surface area contributed by atoms with Crippen LogP contribution in [0.4, 0.5) is 5.69 Å². The summed E-state index contributed by atoms with van der Waals surface area (Å²) in [6.45, 7) is 0. The molecule has 0 aliphatic heterocycles. The highest BCUT2D eigenvalue weighted by molar-refractivity contribution is 9.10. The summed E-state index contributed by atoms with van der Waals surface area (Å²) in [5.41, 5.74) is 0.911. The molecule has 0 aliphatic carbocycles. The van der Waals surface area contributed by atoms with Gasteiger partial charge >= 0.3 is 0 Å². The van der Waals surface area contributed by atoms with Crippen molar-refractivity contribution in [2.45, 2.75) is 0 Å². The van der Waals surface area contributed by atoms with Gasteiger partial charge in [-0.1, -0.05) is 11.6 Å². The van der Waals surface area contributed by atoms with Gasteiger partial charge in [0, 0.05) is 12.4 Å². The molecule has 0 aromatic carbocycles. The predicted octanol–water partition coefficient (Wildman–Crippen LogP) is 2.54. The van der Waals surface area contributed by atoms with E-state index in [0.29, 0.717) is 20.9 Å². The highest BCUT2D eigenvalue weighted by Gasteiger charge is 2.07. The van der Waals surface area contributed by atoms with E-state index < -0.39 is 0 Å². The fraction of sp³-hybridized carbons (Fsp3) is 0.